The minimum absolute atomic E-state index is 0.0783. The number of hydrogen-bond donors (Lipinski definition) is 1. The van der Waals surface area contributed by atoms with Gasteiger partial charge in [0.25, 0.3) is 11.8 Å². The molecule has 4 rings (SSSR count). The molecule has 1 saturated heterocycles. The second-order valence-electron chi connectivity index (χ2n) is 7.84. The molecule has 6 nitrogen and oxygen atoms in total. The molecule has 1 aromatic heterocycles. The number of nitrogens with zero attached hydrogens (tertiary/aromatic N) is 3. The van der Waals surface area contributed by atoms with Gasteiger partial charge in [0.05, 0.1) is 5.56 Å². The first kappa shape index (κ1) is 18.7. The lowest BCUT2D eigenvalue weighted by molar-refractivity contribution is 0.0235. The molecule has 2 heterocycles. The molecule has 7 heteroatoms. The van der Waals surface area contributed by atoms with Gasteiger partial charge in [-0.2, -0.15) is 5.10 Å². The maximum absolute atomic E-state index is 14.3. The van der Waals surface area contributed by atoms with E-state index < -0.39 is 5.82 Å². The topological polar surface area (TPSA) is 69.3 Å². The fourth-order valence-corrected chi connectivity index (χ4v) is 4.30. The number of aromatic nitrogens is 2. The number of carbonyl (C=O) groups is 2. The lowest BCUT2D eigenvalue weighted by Crippen LogP contribution is -2.60. The van der Waals surface area contributed by atoms with Crippen molar-refractivity contribution in [1.82, 2.24) is 20.0 Å². The average molecular weight is 384 g/mol. The van der Waals surface area contributed by atoms with Gasteiger partial charge in [0, 0.05) is 36.4 Å². The van der Waals surface area contributed by atoms with Crippen molar-refractivity contribution in [2.75, 3.05) is 13.1 Å². The van der Waals surface area contributed by atoms with Crippen LogP contribution in [0.5, 0.6) is 0 Å². The maximum atomic E-state index is 14.3. The van der Waals surface area contributed by atoms with Gasteiger partial charge in [0.2, 0.25) is 0 Å². The van der Waals surface area contributed by atoms with E-state index >= 15 is 0 Å². The Kier molecular flexibility index (Phi) is 4.69. The summed E-state index contributed by atoms with van der Waals surface area (Å²) in [5.41, 5.74) is 3.46. The Morgan fingerprint density at radius 1 is 1.11 bits per heavy atom. The van der Waals surface area contributed by atoms with E-state index in [1.54, 1.807) is 22.8 Å². The van der Waals surface area contributed by atoms with Gasteiger partial charge in [-0.1, -0.05) is 6.07 Å². The van der Waals surface area contributed by atoms with Crippen molar-refractivity contribution in [3.8, 4) is 0 Å². The van der Waals surface area contributed by atoms with E-state index in [2.05, 4.69) is 10.2 Å². The van der Waals surface area contributed by atoms with Crippen LogP contribution in [-0.4, -0.2) is 57.0 Å². The Morgan fingerprint density at radius 3 is 2.46 bits per heavy atom. The van der Waals surface area contributed by atoms with Gasteiger partial charge in [0.15, 0.2) is 5.69 Å². The summed E-state index contributed by atoms with van der Waals surface area (Å²) < 4.78 is 14.3. The number of piperazine rings is 1. The van der Waals surface area contributed by atoms with Gasteiger partial charge in [-0.05, 0) is 57.7 Å². The maximum Gasteiger partial charge on any atom is 0.275 e. The molecule has 1 fully saturated rings. The van der Waals surface area contributed by atoms with Crippen LogP contribution in [0, 0.1) is 12.7 Å². The second-order valence-corrected chi connectivity index (χ2v) is 7.84. The van der Waals surface area contributed by atoms with Crippen molar-refractivity contribution < 1.29 is 14.0 Å². The summed E-state index contributed by atoms with van der Waals surface area (Å²) in [7, 11) is 0. The molecule has 0 saturated carbocycles. The summed E-state index contributed by atoms with van der Waals surface area (Å²) in [4.78, 5) is 29.5. The van der Waals surface area contributed by atoms with Crippen LogP contribution in [0.15, 0.2) is 18.2 Å². The molecule has 0 spiro atoms. The van der Waals surface area contributed by atoms with Gasteiger partial charge >= 0.3 is 0 Å². The molecule has 2 amide bonds. The first-order valence-corrected chi connectivity index (χ1v) is 9.82. The molecule has 2 aromatic rings. The summed E-state index contributed by atoms with van der Waals surface area (Å²) in [6.45, 7) is 6.41. The molecule has 148 valence electrons. The van der Waals surface area contributed by atoms with Crippen molar-refractivity contribution >= 4 is 11.8 Å². The molecular weight excluding hydrogens is 359 g/mol. The zero-order chi connectivity index (χ0) is 20.0. The highest BCUT2D eigenvalue weighted by molar-refractivity contribution is 5.96. The summed E-state index contributed by atoms with van der Waals surface area (Å²) in [6, 6.07) is 4.24. The Hall–Kier alpha value is -2.70. The zero-order valence-corrected chi connectivity index (χ0v) is 16.5. The first-order valence-electron chi connectivity index (χ1n) is 9.82. The molecule has 0 unspecified atom stereocenters. The molecule has 2 aliphatic rings. The van der Waals surface area contributed by atoms with E-state index in [4.69, 9.17) is 0 Å². The van der Waals surface area contributed by atoms with Crippen LogP contribution in [-0.2, 0) is 12.8 Å². The minimum atomic E-state index is -0.504. The molecule has 1 aliphatic heterocycles. The van der Waals surface area contributed by atoms with Crippen molar-refractivity contribution in [3.63, 3.8) is 0 Å². The molecule has 2 atom stereocenters. The number of aromatic amines is 1. The predicted octanol–water partition coefficient (Wildman–Crippen LogP) is 2.72. The Labute approximate surface area is 163 Å². The molecule has 0 bridgehead atoms. The molecular formula is C21H25FN4O2. The molecule has 28 heavy (non-hydrogen) atoms. The highest BCUT2D eigenvalue weighted by Crippen LogP contribution is 2.27. The largest absolute Gasteiger partial charge is 0.332 e. The molecule has 0 radical (unpaired) electrons. The standard InChI is InChI=1S/C21H25FN4O2/c1-12-7-8-15(17(22)11-12)20(27)25-9-10-26(14(3)13(25)2)21(28)19-16-5-4-6-18(16)23-24-19/h7-8,11,13-14H,4-6,9-10H2,1-3H3,(H,23,24)/t13-,14+/m1/s1. The summed E-state index contributed by atoms with van der Waals surface area (Å²) >= 11 is 0. The highest BCUT2D eigenvalue weighted by Gasteiger charge is 2.38. The fraction of sp³-hybridized carbons (Fsp3) is 0.476. The predicted molar refractivity (Wildman–Crippen MR) is 103 cm³/mol. The second kappa shape index (κ2) is 7.04. The summed E-state index contributed by atoms with van der Waals surface area (Å²) in [5, 5.41) is 7.24. The number of hydrogen-bond acceptors (Lipinski definition) is 3. The molecule has 1 aromatic carbocycles. The van der Waals surface area contributed by atoms with E-state index in [9.17, 15) is 14.0 Å². The number of benzene rings is 1. The van der Waals surface area contributed by atoms with E-state index in [1.165, 1.54) is 12.1 Å². The van der Waals surface area contributed by atoms with Gasteiger partial charge in [-0.3, -0.25) is 14.7 Å². The van der Waals surface area contributed by atoms with Crippen LogP contribution < -0.4 is 0 Å². The molecule has 1 N–H and O–H groups in total. The van der Waals surface area contributed by atoms with Crippen LogP contribution in [0.1, 0.15) is 57.9 Å². The Balaban J connectivity index is 1.53. The van der Waals surface area contributed by atoms with Crippen LogP contribution >= 0.6 is 0 Å². The number of H-pyrrole nitrogens is 1. The van der Waals surface area contributed by atoms with E-state index in [-0.39, 0.29) is 29.5 Å². The average Bonchev–Trinajstić information content (AvgIpc) is 3.26. The van der Waals surface area contributed by atoms with Crippen LogP contribution in [0.2, 0.25) is 0 Å². The van der Waals surface area contributed by atoms with Crippen LogP contribution in [0.4, 0.5) is 4.39 Å². The molecule has 1 aliphatic carbocycles. The van der Waals surface area contributed by atoms with E-state index in [0.29, 0.717) is 18.8 Å². The van der Waals surface area contributed by atoms with Crippen molar-refractivity contribution in [2.45, 2.75) is 52.1 Å². The smallest absolute Gasteiger partial charge is 0.275 e. The highest BCUT2D eigenvalue weighted by atomic mass is 19.1. The Bertz CT molecular complexity index is 938. The van der Waals surface area contributed by atoms with Crippen molar-refractivity contribution in [1.29, 1.82) is 0 Å². The number of amides is 2. The zero-order valence-electron chi connectivity index (χ0n) is 16.5. The van der Waals surface area contributed by atoms with Gasteiger partial charge < -0.3 is 9.80 Å². The lowest BCUT2D eigenvalue weighted by atomic mass is 10.0. The summed E-state index contributed by atoms with van der Waals surface area (Å²) in [6.07, 6.45) is 2.86. The minimum Gasteiger partial charge on any atom is -0.332 e. The number of nitrogens with one attached hydrogen (secondary N) is 1. The van der Waals surface area contributed by atoms with Gasteiger partial charge in [-0.15, -0.1) is 0 Å². The van der Waals surface area contributed by atoms with E-state index in [1.807, 2.05) is 13.8 Å². The normalized spacial score (nSPS) is 21.7. The number of carbonyl (C=O) groups excluding carboxylic acids is 2. The van der Waals surface area contributed by atoms with E-state index in [0.717, 1.165) is 36.1 Å². The third-order valence-electron chi connectivity index (χ3n) is 6.15. The van der Waals surface area contributed by atoms with Crippen molar-refractivity contribution in [3.05, 3.63) is 52.1 Å². The third kappa shape index (κ3) is 2.99. The van der Waals surface area contributed by atoms with Gasteiger partial charge in [0.1, 0.15) is 5.82 Å². The fourth-order valence-electron chi connectivity index (χ4n) is 4.30. The van der Waals surface area contributed by atoms with Crippen molar-refractivity contribution in [2.24, 2.45) is 0 Å². The number of rotatable bonds is 2. The summed E-state index contributed by atoms with van der Waals surface area (Å²) in [5.74, 6) is -0.924. The quantitative estimate of drug-likeness (QED) is 0.866. The first-order chi connectivity index (χ1) is 13.4. The number of fused-ring (bicyclic) bond motifs is 1. The monoisotopic (exact) mass is 384 g/mol. The number of halogens is 1. The Morgan fingerprint density at radius 2 is 1.79 bits per heavy atom. The lowest BCUT2D eigenvalue weighted by Gasteiger charge is -2.44. The van der Waals surface area contributed by atoms with Crippen LogP contribution in [0.25, 0.3) is 0 Å². The number of aryl methyl sites for hydroxylation is 2. The van der Waals surface area contributed by atoms with Gasteiger partial charge in [-0.25, -0.2) is 4.39 Å². The van der Waals surface area contributed by atoms with Crippen LogP contribution in [0.3, 0.4) is 0 Å². The SMILES string of the molecule is Cc1ccc(C(=O)N2CCN(C(=O)c3n[nH]c4c3CCC4)[C@@H](C)[C@H]2C)c(F)c1. The third-order valence-corrected chi connectivity index (χ3v) is 6.15.